The van der Waals surface area contributed by atoms with Crippen LogP contribution in [-0.4, -0.2) is 25.1 Å². The van der Waals surface area contributed by atoms with Gasteiger partial charge in [-0.25, -0.2) is 0 Å². The summed E-state index contributed by atoms with van der Waals surface area (Å²) in [6, 6.07) is 8.12. The number of nitrogens with one attached hydrogen (secondary N) is 1. The zero-order valence-electron chi connectivity index (χ0n) is 21.7. The smallest absolute Gasteiger partial charge is 0.162 e. The van der Waals surface area contributed by atoms with E-state index in [-0.39, 0.29) is 22.5 Å². The van der Waals surface area contributed by atoms with Crippen molar-refractivity contribution in [2.24, 2.45) is 0 Å². The Hall–Kier alpha value is -2.95. The van der Waals surface area contributed by atoms with Crippen LogP contribution in [0.5, 0.6) is 17.2 Å². The summed E-state index contributed by atoms with van der Waals surface area (Å²) < 4.78 is 11.2. The Morgan fingerprint density at radius 1 is 0.882 bits per heavy atom. The first kappa shape index (κ1) is 24.2. The van der Waals surface area contributed by atoms with Crippen LogP contribution in [0.15, 0.2) is 35.5 Å². The summed E-state index contributed by atoms with van der Waals surface area (Å²) in [5, 5.41) is 14.8. The number of hydrogen-bond donors (Lipinski definition) is 2. The van der Waals surface area contributed by atoms with Gasteiger partial charge in [-0.3, -0.25) is 4.79 Å². The van der Waals surface area contributed by atoms with E-state index in [0.29, 0.717) is 23.7 Å². The number of Topliss-reactive ketones (excluding diaryl/α,β-unsaturated/α-hetero) is 1. The molecule has 1 aliphatic carbocycles. The second-order valence-corrected chi connectivity index (χ2v) is 11.5. The number of carbonyl (C=O) groups excluding carboxylic acids is 1. The minimum atomic E-state index is -0.263. The molecule has 1 heterocycles. The maximum atomic E-state index is 13.3. The number of anilines is 1. The van der Waals surface area contributed by atoms with Crippen molar-refractivity contribution in [3.8, 4) is 17.2 Å². The molecular formula is C29H37NO4. The third kappa shape index (κ3) is 4.06. The van der Waals surface area contributed by atoms with Crippen LogP contribution in [-0.2, 0) is 15.6 Å². The fourth-order valence-electron chi connectivity index (χ4n) is 5.20. The Labute approximate surface area is 203 Å². The van der Waals surface area contributed by atoms with E-state index in [2.05, 4.69) is 59.0 Å². The van der Waals surface area contributed by atoms with Crippen molar-refractivity contribution in [1.82, 2.24) is 0 Å². The average Bonchev–Trinajstić information content (AvgIpc) is 2.75. The summed E-state index contributed by atoms with van der Waals surface area (Å²) in [5.74, 6) is 1.55. The Bertz CT molecular complexity index is 1140. The lowest BCUT2D eigenvalue weighted by molar-refractivity contribution is -0.116. The number of fused-ring (bicyclic) bond motifs is 1. The number of ketones is 1. The molecule has 2 N–H and O–H groups in total. The van der Waals surface area contributed by atoms with Crippen LogP contribution in [0.3, 0.4) is 0 Å². The molecule has 1 aliphatic heterocycles. The summed E-state index contributed by atoms with van der Waals surface area (Å²) in [6.07, 6.45) is 2.23. The first-order valence-electron chi connectivity index (χ1n) is 12.0. The molecule has 2 aromatic carbocycles. The minimum absolute atomic E-state index is 0.182. The molecule has 182 valence electrons. The summed E-state index contributed by atoms with van der Waals surface area (Å²) in [7, 11) is 3.26. The predicted molar refractivity (Wildman–Crippen MR) is 136 cm³/mol. The van der Waals surface area contributed by atoms with Gasteiger partial charge in [0.05, 0.1) is 14.2 Å². The zero-order chi connectivity index (χ0) is 25.0. The minimum Gasteiger partial charge on any atom is -0.507 e. The quantitative estimate of drug-likeness (QED) is 0.539. The van der Waals surface area contributed by atoms with Gasteiger partial charge >= 0.3 is 0 Å². The molecular weight excluding hydrogens is 426 g/mol. The van der Waals surface area contributed by atoms with Gasteiger partial charge in [-0.1, -0.05) is 53.7 Å². The molecule has 5 heteroatoms. The van der Waals surface area contributed by atoms with Crippen molar-refractivity contribution >= 4 is 11.5 Å². The summed E-state index contributed by atoms with van der Waals surface area (Å²) in [6.45, 7) is 12.7. The van der Waals surface area contributed by atoms with Gasteiger partial charge < -0.3 is 19.9 Å². The van der Waals surface area contributed by atoms with E-state index in [1.54, 1.807) is 14.2 Å². The number of benzene rings is 2. The molecule has 4 rings (SSSR count). The van der Waals surface area contributed by atoms with Gasteiger partial charge in [0.1, 0.15) is 5.75 Å². The number of phenolic OH excluding ortho intramolecular Hbond substituents is 1. The molecule has 0 fully saturated rings. The summed E-state index contributed by atoms with van der Waals surface area (Å²) in [5.41, 5.74) is 6.01. The van der Waals surface area contributed by atoms with Gasteiger partial charge in [0.25, 0.3) is 0 Å². The van der Waals surface area contributed by atoms with Crippen LogP contribution in [0.4, 0.5) is 5.69 Å². The van der Waals surface area contributed by atoms with Gasteiger partial charge in [-0.2, -0.15) is 0 Å². The molecule has 0 saturated heterocycles. The van der Waals surface area contributed by atoms with E-state index < -0.39 is 0 Å². The second-order valence-electron chi connectivity index (χ2n) is 11.5. The molecule has 0 bridgehead atoms. The molecule has 0 spiro atoms. The molecule has 2 aromatic rings. The highest BCUT2D eigenvalue weighted by atomic mass is 16.5. The number of carbonyl (C=O) groups is 1. The van der Waals surface area contributed by atoms with E-state index in [0.717, 1.165) is 52.1 Å². The molecule has 0 aromatic heterocycles. The fourth-order valence-corrected chi connectivity index (χ4v) is 5.20. The van der Waals surface area contributed by atoms with Gasteiger partial charge in [-0.15, -0.1) is 0 Å². The van der Waals surface area contributed by atoms with Crippen molar-refractivity contribution in [3.05, 3.63) is 57.8 Å². The first-order valence-corrected chi connectivity index (χ1v) is 12.0. The lowest BCUT2D eigenvalue weighted by Crippen LogP contribution is -2.28. The Balaban J connectivity index is 2.06. The SMILES string of the molecule is COc1cc2c(cc1OC)[C@H](c1cc(C(C)(C)C)c(O)c(C(C)(C)C)c1)C1=C(CCCC1=O)N2. The largest absolute Gasteiger partial charge is 0.507 e. The third-order valence-corrected chi connectivity index (χ3v) is 6.98. The molecule has 0 unspecified atom stereocenters. The zero-order valence-corrected chi connectivity index (χ0v) is 21.7. The van der Waals surface area contributed by atoms with Crippen molar-refractivity contribution in [1.29, 1.82) is 0 Å². The standard InChI is InChI=1S/C29H37NO4/c1-28(2,3)18-12-16(13-19(27(18)32)29(4,5)6)25-17-14-23(33-7)24(34-8)15-21(17)30-20-10-9-11-22(31)26(20)25/h12-15,25,30,32H,9-11H2,1-8H3/t25-/m0/s1. The first-order chi connectivity index (χ1) is 15.9. The topological polar surface area (TPSA) is 67.8 Å². The molecule has 2 aliphatic rings. The monoisotopic (exact) mass is 463 g/mol. The lowest BCUT2D eigenvalue weighted by Gasteiger charge is -2.36. The number of allylic oxidation sites excluding steroid dienone is 2. The average molecular weight is 464 g/mol. The maximum Gasteiger partial charge on any atom is 0.162 e. The third-order valence-electron chi connectivity index (χ3n) is 6.98. The molecule has 0 saturated carbocycles. The number of rotatable bonds is 3. The van der Waals surface area contributed by atoms with Gasteiger partial charge in [0.15, 0.2) is 17.3 Å². The van der Waals surface area contributed by atoms with Crippen LogP contribution in [0.25, 0.3) is 0 Å². The van der Waals surface area contributed by atoms with E-state index in [4.69, 9.17) is 9.47 Å². The normalized spacial score (nSPS) is 18.2. The molecule has 0 amide bonds. The van der Waals surface area contributed by atoms with Crippen molar-refractivity contribution in [2.45, 2.75) is 77.6 Å². The Morgan fingerprint density at radius 2 is 1.44 bits per heavy atom. The highest BCUT2D eigenvalue weighted by molar-refractivity contribution is 6.01. The van der Waals surface area contributed by atoms with Gasteiger partial charge in [-0.05, 0) is 52.0 Å². The number of phenols is 1. The van der Waals surface area contributed by atoms with Crippen LogP contribution >= 0.6 is 0 Å². The number of methoxy groups -OCH3 is 2. The predicted octanol–water partition coefficient (Wildman–Crippen LogP) is 6.57. The molecule has 0 radical (unpaired) electrons. The number of hydrogen-bond acceptors (Lipinski definition) is 5. The maximum absolute atomic E-state index is 13.3. The van der Waals surface area contributed by atoms with Crippen LogP contribution < -0.4 is 14.8 Å². The van der Waals surface area contributed by atoms with E-state index >= 15 is 0 Å². The summed E-state index contributed by atoms with van der Waals surface area (Å²) >= 11 is 0. The highest BCUT2D eigenvalue weighted by Gasteiger charge is 2.38. The van der Waals surface area contributed by atoms with E-state index in [1.165, 1.54) is 0 Å². The second kappa shape index (κ2) is 8.37. The van der Waals surface area contributed by atoms with Gasteiger partial charge in [0, 0.05) is 35.4 Å². The van der Waals surface area contributed by atoms with Crippen LogP contribution in [0, 0.1) is 0 Å². The van der Waals surface area contributed by atoms with Crippen LogP contribution in [0.2, 0.25) is 0 Å². The molecule has 1 atom stereocenters. The van der Waals surface area contributed by atoms with Crippen LogP contribution in [0.1, 0.15) is 89.0 Å². The molecule has 34 heavy (non-hydrogen) atoms. The van der Waals surface area contributed by atoms with Gasteiger partial charge in [0.2, 0.25) is 0 Å². The van der Waals surface area contributed by atoms with Crippen molar-refractivity contribution in [3.63, 3.8) is 0 Å². The fraction of sp³-hybridized carbons (Fsp3) is 0.483. The van der Waals surface area contributed by atoms with E-state index in [1.807, 2.05) is 12.1 Å². The Kier molecular flexibility index (Phi) is 5.95. The summed E-state index contributed by atoms with van der Waals surface area (Å²) in [4.78, 5) is 13.3. The Morgan fingerprint density at radius 3 is 1.97 bits per heavy atom. The molecule has 5 nitrogen and oxygen atoms in total. The number of ether oxygens (including phenoxy) is 2. The highest BCUT2D eigenvalue weighted by Crippen LogP contribution is 2.50. The lowest BCUT2D eigenvalue weighted by atomic mass is 9.71. The van der Waals surface area contributed by atoms with E-state index in [9.17, 15) is 9.90 Å². The number of aromatic hydroxyl groups is 1. The van der Waals surface area contributed by atoms with Crippen molar-refractivity contribution in [2.75, 3.05) is 19.5 Å². The van der Waals surface area contributed by atoms with Crippen molar-refractivity contribution < 1.29 is 19.4 Å².